The van der Waals surface area contributed by atoms with E-state index in [1.807, 2.05) is 6.92 Å². The van der Waals surface area contributed by atoms with Crippen LogP contribution < -0.4 is 19.3 Å². The van der Waals surface area contributed by atoms with Gasteiger partial charge in [-0.05, 0) is 49.7 Å². The van der Waals surface area contributed by atoms with Crippen LogP contribution >= 0.6 is 11.8 Å². The van der Waals surface area contributed by atoms with Crippen molar-refractivity contribution in [3.05, 3.63) is 53.6 Å². The first kappa shape index (κ1) is 24.3. The molecule has 1 aliphatic rings. The summed E-state index contributed by atoms with van der Waals surface area (Å²) in [6, 6.07) is 10.8. The number of nitrogens with one attached hydrogen (secondary N) is 1. The quantitative estimate of drug-likeness (QED) is 0.314. The smallest absolute Gasteiger partial charge is 0.339 e. The predicted molar refractivity (Wildman–Crippen MR) is 121 cm³/mol. The van der Waals surface area contributed by atoms with Crippen molar-refractivity contribution >= 4 is 45.1 Å². The third-order valence-corrected chi connectivity index (χ3v) is 6.58. The number of aliphatic carboxylic acids is 1. The van der Waals surface area contributed by atoms with Gasteiger partial charge >= 0.3 is 10.1 Å². The van der Waals surface area contributed by atoms with Crippen molar-refractivity contribution < 1.29 is 32.0 Å². The fourth-order valence-electron chi connectivity index (χ4n) is 2.70. The van der Waals surface area contributed by atoms with E-state index in [0.29, 0.717) is 5.56 Å². The van der Waals surface area contributed by atoms with E-state index in [1.54, 1.807) is 25.1 Å². The maximum absolute atomic E-state index is 12.6. The van der Waals surface area contributed by atoms with Crippen LogP contribution in [0.3, 0.4) is 0 Å². The first-order valence-electron chi connectivity index (χ1n) is 9.74. The molecule has 1 saturated heterocycles. The second-order valence-electron chi connectivity index (χ2n) is 6.81. The summed E-state index contributed by atoms with van der Waals surface area (Å²) in [4.78, 5) is 22.4. The summed E-state index contributed by atoms with van der Waals surface area (Å²) in [6.07, 6.45) is 0.941. The topological polar surface area (TPSA) is 147 Å². The van der Waals surface area contributed by atoms with Gasteiger partial charge in [0.2, 0.25) is 5.91 Å². The molecule has 33 heavy (non-hydrogen) atoms. The predicted octanol–water partition coefficient (Wildman–Crippen LogP) is 1.22. The molecule has 1 aliphatic heterocycles. The molecule has 0 aromatic heterocycles. The molecule has 174 valence electrons. The van der Waals surface area contributed by atoms with Crippen LogP contribution in [0.15, 0.2) is 57.6 Å². The highest BCUT2D eigenvalue weighted by molar-refractivity contribution is 8.15. The first-order valence-corrected chi connectivity index (χ1v) is 12.0. The number of carboxylic acid groups (broad SMARTS) is 1. The Hall–Kier alpha value is -3.38. The number of ether oxygens (including phenoxy) is 1. The number of aryl methyl sites for hydroxylation is 1. The van der Waals surface area contributed by atoms with Gasteiger partial charge < -0.3 is 24.1 Å². The SMILES string of the molecule is CCOc1cc(/C=N\N=C2/NC(=O)[C@@H](CC(=O)[O-])S2)ccc1OS(=O)(=O)c1ccc(C)cc1. The fraction of sp³-hybridized carbons (Fsp3) is 0.238. The molecule has 0 radical (unpaired) electrons. The molecule has 1 N–H and O–H groups in total. The van der Waals surface area contributed by atoms with Gasteiger partial charge in [0, 0.05) is 12.4 Å². The average Bonchev–Trinajstić information content (AvgIpc) is 3.08. The Kier molecular flexibility index (Phi) is 7.71. The standard InChI is InChI=1S/C21H21N3O7S2/c1-3-30-17-10-14(12-22-24-21-23-20(27)18(32-21)11-19(25)26)6-9-16(17)31-33(28,29)15-7-4-13(2)5-8-15/h4-10,12,18H,3,11H2,1-2H3,(H,25,26)(H,23,24,27)/p-1/b22-12-/t18-/m1/s1. The van der Waals surface area contributed by atoms with Crippen LogP contribution in [0.4, 0.5) is 0 Å². The molecule has 1 fully saturated rings. The lowest BCUT2D eigenvalue weighted by Gasteiger charge is -2.12. The largest absolute Gasteiger partial charge is 0.550 e. The number of nitrogens with zero attached hydrogens (tertiary/aromatic N) is 2. The van der Waals surface area contributed by atoms with Gasteiger partial charge in [0.25, 0.3) is 0 Å². The molecule has 3 rings (SSSR count). The lowest BCUT2D eigenvalue weighted by Crippen LogP contribution is -2.31. The van der Waals surface area contributed by atoms with E-state index < -0.39 is 33.7 Å². The Balaban J connectivity index is 1.75. The van der Waals surface area contributed by atoms with Crippen molar-refractivity contribution in [1.82, 2.24) is 5.32 Å². The van der Waals surface area contributed by atoms with Crippen LogP contribution in [0.25, 0.3) is 0 Å². The van der Waals surface area contributed by atoms with Crippen molar-refractivity contribution in [2.24, 2.45) is 10.2 Å². The average molecular weight is 491 g/mol. The summed E-state index contributed by atoms with van der Waals surface area (Å²) in [5.41, 5.74) is 1.45. The molecule has 1 atom stereocenters. The van der Waals surface area contributed by atoms with Crippen molar-refractivity contribution in [3.8, 4) is 11.5 Å². The zero-order valence-corrected chi connectivity index (χ0v) is 19.3. The zero-order valence-electron chi connectivity index (χ0n) is 17.7. The second-order valence-corrected chi connectivity index (χ2v) is 9.55. The minimum absolute atomic E-state index is 0.0182. The van der Waals surface area contributed by atoms with Crippen LogP contribution in [-0.4, -0.2) is 43.5 Å². The normalized spacial score (nSPS) is 17.3. The molecule has 0 bridgehead atoms. The third-order valence-electron chi connectivity index (χ3n) is 4.26. The Labute approximate surface area is 194 Å². The summed E-state index contributed by atoms with van der Waals surface area (Å²) in [5, 5.41) is 20.2. The summed E-state index contributed by atoms with van der Waals surface area (Å²) < 4.78 is 36.0. The van der Waals surface area contributed by atoms with Gasteiger partial charge in [-0.15, -0.1) is 5.10 Å². The Morgan fingerprint density at radius 3 is 2.61 bits per heavy atom. The molecular formula is C21H20N3O7S2-. The minimum Gasteiger partial charge on any atom is -0.550 e. The number of carbonyl (C=O) groups excluding carboxylic acids is 2. The summed E-state index contributed by atoms with van der Waals surface area (Å²) in [5.74, 6) is -1.59. The molecule has 0 saturated carbocycles. The van der Waals surface area contributed by atoms with Crippen LogP contribution in [0.2, 0.25) is 0 Å². The highest BCUT2D eigenvalue weighted by Gasteiger charge is 2.30. The van der Waals surface area contributed by atoms with Gasteiger partial charge in [0.05, 0.1) is 18.1 Å². The third kappa shape index (κ3) is 6.56. The van der Waals surface area contributed by atoms with E-state index in [2.05, 4.69) is 15.5 Å². The number of carbonyl (C=O) groups is 2. The number of rotatable bonds is 9. The van der Waals surface area contributed by atoms with Crippen LogP contribution in [-0.2, 0) is 19.7 Å². The Morgan fingerprint density at radius 2 is 1.94 bits per heavy atom. The van der Waals surface area contributed by atoms with Crippen molar-refractivity contribution in [1.29, 1.82) is 0 Å². The number of thioether (sulfide) groups is 1. The molecule has 0 unspecified atom stereocenters. The van der Waals surface area contributed by atoms with E-state index in [9.17, 15) is 23.1 Å². The van der Waals surface area contributed by atoms with Crippen LogP contribution in [0.5, 0.6) is 11.5 Å². The van der Waals surface area contributed by atoms with E-state index in [-0.39, 0.29) is 28.2 Å². The maximum Gasteiger partial charge on any atom is 0.339 e. The van der Waals surface area contributed by atoms with Crippen molar-refractivity contribution in [2.45, 2.75) is 30.4 Å². The monoisotopic (exact) mass is 490 g/mol. The van der Waals surface area contributed by atoms with Gasteiger partial charge in [-0.3, -0.25) is 4.79 Å². The van der Waals surface area contributed by atoms with Crippen molar-refractivity contribution in [2.75, 3.05) is 6.61 Å². The first-order chi connectivity index (χ1) is 15.7. The Morgan fingerprint density at radius 1 is 1.21 bits per heavy atom. The second kappa shape index (κ2) is 10.5. The number of hydrogen-bond acceptors (Lipinski definition) is 10. The van der Waals surface area contributed by atoms with E-state index in [0.717, 1.165) is 17.3 Å². The Bertz CT molecular complexity index is 1210. The van der Waals surface area contributed by atoms with E-state index in [1.165, 1.54) is 30.5 Å². The van der Waals surface area contributed by atoms with Gasteiger partial charge in [-0.1, -0.05) is 29.5 Å². The molecule has 0 aliphatic carbocycles. The minimum atomic E-state index is -4.06. The molecule has 2 aromatic rings. The number of benzene rings is 2. The molecular weight excluding hydrogens is 470 g/mol. The zero-order chi connectivity index (χ0) is 24.0. The highest BCUT2D eigenvalue weighted by Crippen LogP contribution is 2.31. The van der Waals surface area contributed by atoms with Gasteiger partial charge in [0.1, 0.15) is 4.90 Å². The maximum atomic E-state index is 12.6. The number of amides is 1. The molecule has 12 heteroatoms. The van der Waals surface area contributed by atoms with Crippen molar-refractivity contribution in [3.63, 3.8) is 0 Å². The molecule has 2 aromatic carbocycles. The van der Waals surface area contributed by atoms with Gasteiger partial charge in [0.15, 0.2) is 16.7 Å². The lowest BCUT2D eigenvalue weighted by molar-refractivity contribution is -0.305. The number of hydrogen-bond donors (Lipinski definition) is 1. The van der Waals surface area contributed by atoms with Crippen LogP contribution in [0, 0.1) is 6.92 Å². The highest BCUT2D eigenvalue weighted by atomic mass is 32.2. The summed E-state index contributed by atoms with van der Waals surface area (Å²) >= 11 is 0.944. The molecule has 0 spiro atoms. The van der Waals surface area contributed by atoms with E-state index >= 15 is 0 Å². The molecule has 10 nitrogen and oxygen atoms in total. The summed E-state index contributed by atoms with van der Waals surface area (Å²) in [6.45, 7) is 3.86. The summed E-state index contributed by atoms with van der Waals surface area (Å²) in [7, 11) is -4.06. The lowest BCUT2D eigenvalue weighted by atomic mass is 10.2. The number of amidine groups is 1. The number of carboxylic acids is 1. The van der Waals surface area contributed by atoms with Gasteiger partial charge in [-0.25, -0.2) is 0 Å². The van der Waals surface area contributed by atoms with Gasteiger partial charge in [-0.2, -0.15) is 13.5 Å². The fourth-order valence-corrected chi connectivity index (χ4v) is 4.55. The van der Waals surface area contributed by atoms with E-state index in [4.69, 9.17) is 8.92 Å². The molecule has 1 heterocycles. The molecule has 1 amide bonds. The van der Waals surface area contributed by atoms with Crippen LogP contribution in [0.1, 0.15) is 24.5 Å².